The van der Waals surface area contributed by atoms with Crippen LogP contribution in [0.5, 0.6) is 0 Å². The van der Waals surface area contributed by atoms with Gasteiger partial charge >= 0.3 is 7.05 Å². The summed E-state index contributed by atoms with van der Waals surface area (Å²) in [4.78, 5) is 17.1. The number of allylic oxidation sites excluding steroid dienone is 4. The predicted molar refractivity (Wildman–Crippen MR) is 77.1 cm³/mol. The van der Waals surface area contributed by atoms with E-state index in [4.69, 9.17) is 0 Å². The fraction of sp³-hybridized carbons (Fsp3) is 0.231. The first-order valence-electron chi connectivity index (χ1n) is 5.46. The van der Waals surface area contributed by atoms with Crippen molar-refractivity contribution in [1.82, 2.24) is 4.81 Å². The Morgan fingerprint density at radius 3 is 2.39 bits per heavy atom. The first-order chi connectivity index (χ1) is 8.34. The van der Waals surface area contributed by atoms with Crippen molar-refractivity contribution >= 4 is 18.7 Å². The van der Waals surface area contributed by atoms with Crippen LogP contribution >= 0.6 is 0 Å². The van der Waals surface area contributed by atoms with Crippen LogP contribution in [0.25, 0.3) is 0 Å². The average molecular weight is 246 g/mol. The largest absolute Gasteiger partial charge is 0.447 e. The maximum Gasteiger partial charge on any atom is 0.447 e. The lowest BCUT2D eigenvalue weighted by Gasteiger charge is -2.20. The smallest absolute Gasteiger partial charge is 0.429 e. The van der Waals surface area contributed by atoms with Crippen molar-refractivity contribution in [2.75, 3.05) is 7.05 Å². The summed E-state index contributed by atoms with van der Waals surface area (Å²) < 4.78 is 0. The van der Waals surface area contributed by atoms with Gasteiger partial charge in [-0.05, 0) is 27.0 Å². The quantitative estimate of drug-likeness (QED) is 0.441. The molecule has 0 saturated heterocycles. The molecule has 0 atom stereocenters. The molecular formula is C13H19BN2O2. The van der Waals surface area contributed by atoms with Gasteiger partial charge in [-0.25, -0.2) is 4.99 Å². The second kappa shape index (κ2) is 7.45. The third-order valence-electron chi connectivity index (χ3n) is 2.33. The van der Waals surface area contributed by atoms with Crippen molar-refractivity contribution < 1.29 is 9.82 Å². The van der Waals surface area contributed by atoms with Crippen molar-refractivity contribution in [3.8, 4) is 0 Å². The van der Waals surface area contributed by atoms with Gasteiger partial charge in [-0.2, -0.15) is 0 Å². The summed E-state index contributed by atoms with van der Waals surface area (Å²) in [5, 5.41) is 9.92. The van der Waals surface area contributed by atoms with Gasteiger partial charge in [0, 0.05) is 0 Å². The van der Waals surface area contributed by atoms with Crippen LogP contribution in [-0.2, 0) is 4.79 Å². The molecule has 0 saturated carbocycles. The van der Waals surface area contributed by atoms with Gasteiger partial charge in [0.25, 0.3) is 5.91 Å². The Hall–Kier alpha value is -1.88. The summed E-state index contributed by atoms with van der Waals surface area (Å²) in [5.74, 6) is -0.373. The highest BCUT2D eigenvalue weighted by Gasteiger charge is 2.26. The lowest BCUT2D eigenvalue weighted by Crippen LogP contribution is -2.44. The number of hydrogen-bond donors (Lipinski definition) is 1. The topological polar surface area (TPSA) is 52.9 Å². The van der Waals surface area contributed by atoms with E-state index in [1.54, 1.807) is 26.0 Å². The Kier molecular flexibility index (Phi) is 6.67. The molecule has 96 valence electrons. The van der Waals surface area contributed by atoms with Crippen LogP contribution in [0.3, 0.4) is 0 Å². The van der Waals surface area contributed by atoms with Crippen molar-refractivity contribution in [2.24, 2.45) is 4.99 Å². The molecule has 1 N–H and O–H groups in total. The first kappa shape index (κ1) is 16.1. The standard InChI is InChI=1S/C13H19BN2O2/c1-7-9-10(3)14(18)16(6)13(17)12(5)15-11(4)8-2/h7-9,18H,1-2,4H2,3,5-6H3/b10-9+,15-12?. The maximum atomic E-state index is 12.0. The van der Waals surface area contributed by atoms with E-state index in [-0.39, 0.29) is 11.6 Å². The third kappa shape index (κ3) is 4.55. The van der Waals surface area contributed by atoms with Gasteiger partial charge in [0.15, 0.2) is 0 Å². The van der Waals surface area contributed by atoms with Crippen molar-refractivity contribution in [1.29, 1.82) is 0 Å². The van der Waals surface area contributed by atoms with E-state index in [0.717, 1.165) is 0 Å². The zero-order chi connectivity index (χ0) is 14.3. The summed E-state index contributed by atoms with van der Waals surface area (Å²) in [6, 6.07) is 0. The van der Waals surface area contributed by atoms with Crippen LogP contribution in [-0.4, -0.2) is 35.6 Å². The van der Waals surface area contributed by atoms with E-state index in [1.807, 2.05) is 0 Å². The van der Waals surface area contributed by atoms with Gasteiger partial charge in [-0.3, -0.25) is 4.79 Å². The molecule has 0 heterocycles. The zero-order valence-electron chi connectivity index (χ0n) is 11.2. The van der Waals surface area contributed by atoms with E-state index in [1.165, 1.54) is 17.9 Å². The second-order valence-corrected chi connectivity index (χ2v) is 3.83. The Labute approximate surface area is 109 Å². The Bertz CT molecular complexity index is 425. The number of rotatable bonds is 6. The summed E-state index contributed by atoms with van der Waals surface area (Å²) in [6.45, 7) is 13.9. The summed E-state index contributed by atoms with van der Waals surface area (Å²) in [7, 11) is 0.501. The molecule has 0 aliphatic rings. The van der Waals surface area contributed by atoms with Crippen molar-refractivity contribution in [3.05, 3.63) is 49.1 Å². The number of nitrogens with zero attached hydrogens (tertiary/aromatic N) is 2. The highest BCUT2D eigenvalue weighted by molar-refractivity contribution is 6.62. The molecule has 0 aromatic carbocycles. The predicted octanol–water partition coefficient (Wildman–Crippen LogP) is 1.76. The molecule has 1 amide bonds. The van der Waals surface area contributed by atoms with Crippen LogP contribution in [0.1, 0.15) is 13.8 Å². The van der Waals surface area contributed by atoms with E-state index in [2.05, 4.69) is 24.7 Å². The Morgan fingerprint density at radius 1 is 1.39 bits per heavy atom. The lowest BCUT2D eigenvalue weighted by atomic mass is 9.72. The van der Waals surface area contributed by atoms with E-state index in [0.29, 0.717) is 11.2 Å². The minimum atomic E-state index is -1.00. The van der Waals surface area contributed by atoms with Gasteiger partial charge < -0.3 is 9.83 Å². The second-order valence-electron chi connectivity index (χ2n) is 3.83. The minimum absolute atomic E-state index is 0.243. The van der Waals surface area contributed by atoms with Crippen LogP contribution in [0, 0.1) is 0 Å². The van der Waals surface area contributed by atoms with Gasteiger partial charge in [0.1, 0.15) is 5.71 Å². The Morgan fingerprint density at radius 2 is 1.94 bits per heavy atom. The van der Waals surface area contributed by atoms with Gasteiger partial charge in [0.05, 0.1) is 5.70 Å². The molecule has 0 aliphatic heterocycles. The number of hydrogen-bond acceptors (Lipinski definition) is 3. The van der Waals surface area contributed by atoms with Crippen LogP contribution in [0.2, 0.25) is 0 Å². The summed E-state index contributed by atoms with van der Waals surface area (Å²) in [5.41, 5.74) is 1.27. The van der Waals surface area contributed by atoms with Gasteiger partial charge in [0.2, 0.25) is 0 Å². The number of aliphatic imine (C=N–C) groups is 1. The summed E-state index contributed by atoms with van der Waals surface area (Å²) in [6.07, 6.45) is 4.65. The van der Waals surface area contributed by atoms with Crippen molar-refractivity contribution in [3.63, 3.8) is 0 Å². The molecule has 0 rings (SSSR count). The van der Waals surface area contributed by atoms with Gasteiger partial charge in [-0.15, -0.1) is 0 Å². The molecule has 0 aromatic rings. The molecule has 0 fully saturated rings. The molecule has 4 nitrogen and oxygen atoms in total. The monoisotopic (exact) mass is 246 g/mol. The SMILES string of the molecule is C=C/C=C(\C)B(O)N(C)C(=O)C(C)=NC(=C)C=C. The number of carbonyl (C=O) groups is 1. The molecule has 0 aromatic heterocycles. The minimum Gasteiger partial charge on any atom is -0.429 e. The number of carbonyl (C=O) groups excluding carboxylic acids is 1. The fourth-order valence-corrected chi connectivity index (χ4v) is 1.25. The van der Waals surface area contributed by atoms with Gasteiger partial charge in [-0.1, -0.05) is 37.4 Å². The van der Waals surface area contributed by atoms with Crippen LogP contribution in [0.15, 0.2) is 54.1 Å². The molecule has 0 aliphatic carbocycles. The molecule has 0 bridgehead atoms. The first-order valence-corrected chi connectivity index (χ1v) is 5.46. The number of amides is 1. The molecular weight excluding hydrogens is 227 g/mol. The van der Waals surface area contributed by atoms with E-state index in [9.17, 15) is 9.82 Å². The Balaban J connectivity index is 4.95. The van der Waals surface area contributed by atoms with E-state index >= 15 is 0 Å². The third-order valence-corrected chi connectivity index (χ3v) is 2.33. The highest BCUT2D eigenvalue weighted by atomic mass is 16.2. The normalized spacial score (nSPS) is 11.8. The van der Waals surface area contributed by atoms with Crippen LogP contribution in [0.4, 0.5) is 0 Å². The van der Waals surface area contributed by atoms with Crippen molar-refractivity contribution in [2.45, 2.75) is 13.8 Å². The lowest BCUT2D eigenvalue weighted by molar-refractivity contribution is -0.119. The zero-order valence-corrected chi connectivity index (χ0v) is 11.2. The summed E-state index contributed by atoms with van der Waals surface area (Å²) >= 11 is 0. The van der Waals surface area contributed by atoms with Crippen LogP contribution < -0.4 is 0 Å². The highest BCUT2D eigenvalue weighted by Crippen LogP contribution is 2.04. The molecule has 18 heavy (non-hydrogen) atoms. The maximum absolute atomic E-state index is 12.0. The molecule has 0 radical (unpaired) electrons. The molecule has 0 spiro atoms. The fourth-order valence-electron chi connectivity index (χ4n) is 1.25. The van der Waals surface area contributed by atoms with E-state index < -0.39 is 7.05 Å². The average Bonchev–Trinajstić information content (AvgIpc) is 2.35. The molecule has 0 unspecified atom stereocenters. The molecule has 5 heteroatoms.